The zero-order valence-corrected chi connectivity index (χ0v) is 15.0. The smallest absolute Gasteiger partial charge is 0.353 e. The molecule has 3 heterocycles. The van der Waals surface area contributed by atoms with Crippen molar-refractivity contribution in [3.63, 3.8) is 0 Å². The van der Waals surface area contributed by atoms with Gasteiger partial charge < -0.3 is 20.0 Å². The van der Waals surface area contributed by atoms with Crippen molar-refractivity contribution in [3.8, 4) is 0 Å². The molecule has 6 nitrogen and oxygen atoms in total. The van der Waals surface area contributed by atoms with E-state index in [4.69, 9.17) is 0 Å². The number of aliphatic hydroxyl groups excluding tert-OH is 1. The van der Waals surface area contributed by atoms with E-state index < -0.39 is 18.0 Å². The Balaban J connectivity index is 1.83. The highest BCUT2D eigenvalue weighted by molar-refractivity contribution is 8.03. The van der Waals surface area contributed by atoms with Crippen LogP contribution >= 0.6 is 11.8 Å². The molecule has 3 aliphatic heterocycles. The number of allylic oxidation sites excluding steroid dienone is 1. The van der Waals surface area contributed by atoms with Gasteiger partial charge in [0.15, 0.2) is 0 Å². The van der Waals surface area contributed by atoms with Gasteiger partial charge in [-0.25, -0.2) is 4.79 Å². The first-order valence-corrected chi connectivity index (χ1v) is 9.17. The fraction of sp³-hybridized carbons (Fsp3) is 0.647. The lowest BCUT2D eigenvalue weighted by molar-refractivity contribution is -0.163. The molecule has 0 aromatic carbocycles. The maximum atomic E-state index is 12.3. The van der Waals surface area contributed by atoms with E-state index in [9.17, 15) is 19.8 Å². The van der Waals surface area contributed by atoms with E-state index in [-0.39, 0.29) is 23.6 Å². The van der Waals surface area contributed by atoms with Gasteiger partial charge in [0.25, 0.3) is 0 Å². The molecular weight excluding hydrogens is 328 g/mol. The Morgan fingerprint density at radius 2 is 2.12 bits per heavy atom. The number of aliphatic hydroxyl groups is 1. The number of aliphatic carboxylic acids is 1. The number of carbonyl (C=O) groups is 2. The van der Waals surface area contributed by atoms with E-state index >= 15 is 0 Å². The van der Waals surface area contributed by atoms with Crippen LogP contribution in [0.3, 0.4) is 0 Å². The van der Waals surface area contributed by atoms with Crippen molar-refractivity contribution >= 4 is 23.6 Å². The van der Waals surface area contributed by atoms with Gasteiger partial charge in [-0.05, 0) is 20.3 Å². The number of β-lactam (4-membered cyclic amide) rings is 1. The van der Waals surface area contributed by atoms with Crippen molar-refractivity contribution in [1.82, 2.24) is 9.80 Å². The Morgan fingerprint density at radius 3 is 2.62 bits per heavy atom. The molecule has 7 heteroatoms. The number of carbonyl (C=O) groups excluding carboxylic acids is 1. The first kappa shape index (κ1) is 17.4. The number of nitrogens with zero attached hydrogens (tertiary/aromatic N) is 2. The molecular formula is C17H24N2O4S. The molecule has 2 saturated heterocycles. The van der Waals surface area contributed by atoms with Gasteiger partial charge in [-0.2, -0.15) is 0 Å². The Hall–Kier alpha value is -1.47. The molecule has 0 spiro atoms. The monoisotopic (exact) mass is 352 g/mol. The fourth-order valence-corrected chi connectivity index (χ4v) is 5.52. The number of rotatable bonds is 5. The van der Waals surface area contributed by atoms with Crippen LogP contribution in [0.5, 0.6) is 0 Å². The van der Waals surface area contributed by atoms with Crippen molar-refractivity contribution < 1.29 is 19.8 Å². The summed E-state index contributed by atoms with van der Waals surface area (Å²) in [6, 6.07) is -0.232. The molecule has 132 valence electrons. The summed E-state index contributed by atoms with van der Waals surface area (Å²) in [5.41, 5.74) is 1.14. The SMILES string of the molecule is C=C(C)N1CC[C@H](SC2=C(C(=O)O)N3C(=O)[C@H]([C@@H](C)O)[C@H]3[C@H]2C)C1. The maximum Gasteiger partial charge on any atom is 0.353 e. The first-order valence-electron chi connectivity index (χ1n) is 8.29. The number of carboxylic acids is 1. The third-order valence-electron chi connectivity index (χ3n) is 5.29. The minimum atomic E-state index is -1.06. The molecule has 0 saturated carbocycles. The van der Waals surface area contributed by atoms with Crippen LogP contribution in [0.4, 0.5) is 0 Å². The van der Waals surface area contributed by atoms with Crippen LogP contribution in [0, 0.1) is 11.8 Å². The summed E-state index contributed by atoms with van der Waals surface area (Å²) in [5, 5.41) is 19.8. The molecule has 0 bridgehead atoms. The van der Waals surface area contributed by atoms with Crippen LogP contribution in [0.25, 0.3) is 0 Å². The van der Waals surface area contributed by atoms with Gasteiger partial charge in [-0.3, -0.25) is 4.79 Å². The van der Waals surface area contributed by atoms with Crippen LogP contribution in [-0.2, 0) is 9.59 Å². The van der Waals surface area contributed by atoms with E-state index in [2.05, 4.69) is 11.5 Å². The molecule has 24 heavy (non-hydrogen) atoms. The molecule has 2 N–H and O–H groups in total. The summed E-state index contributed by atoms with van der Waals surface area (Å²) >= 11 is 1.58. The van der Waals surface area contributed by atoms with Crippen LogP contribution in [0.2, 0.25) is 0 Å². The third kappa shape index (κ3) is 2.54. The van der Waals surface area contributed by atoms with Crippen LogP contribution in [0.15, 0.2) is 22.9 Å². The van der Waals surface area contributed by atoms with Crippen molar-refractivity contribution in [2.24, 2.45) is 11.8 Å². The van der Waals surface area contributed by atoms with E-state index in [0.29, 0.717) is 5.25 Å². The Morgan fingerprint density at radius 1 is 1.46 bits per heavy atom. The number of hydrogen-bond acceptors (Lipinski definition) is 5. The largest absolute Gasteiger partial charge is 0.477 e. The lowest BCUT2D eigenvalue weighted by Crippen LogP contribution is -2.63. The highest BCUT2D eigenvalue weighted by atomic mass is 32.2. The first-order chi connectivity index (χ1) is 11.2. The lowest BCUT2D eigenvalue weighted by Gasteiger charge is -2.46. The van der Waals surface area contributed by atoms with E-state index in [0.717, 1.165) is 30.1 Å². The molecule has 0 radical (unpaired) electrons. The molecule has 0 aromatic heterocycles. The van der Waals surface area contributed by atoms with Gasteiger partial charge in [0.05, 0.1) is 18.1 Å². The topological polar surface area (TPSA) is 81.1 Å². The Kier molecular flexibility index (Phi) is 4.42. The van der Waals surface area contributed by atoms with Gasteiger partial charge in [-0.1, -0.05) is 13.5 Å². The molecule has 3 aliphatic rings. The number of carboxylic acid groups (broad SMARTS) is 1. The molecule has 2 fully saturated rings. The minimum Gasteiger partial charge on any atom is -0.477 e. The maximum absolute atomic E-state index is 12.3. The van der Waals surface area contributed by atoms with Crippen molar-refractivity contribution in [2.75, 3.05) is 13.1 Å². The summed E-state index contributed by atoms with van der Waals surface area (Å²) in [6.07, 6.45) is 0.213. The number of amides is 1. The van der Waals surface area contributed by atoms with E-state index in [1.54, 1.807) is 18.7 Å². The third-order valence-corrected chi connectivity index (χ3v) is 6.83. The summed E-state index contributed by atoms with van der Waals surface area (Å²) < 4.78 is 0. The fourth-order valence-electron chi connectivity index (χ4n) is 4.03. The molecule has 0 aliphatic carbocycles. The zero-order valence-electron chi connectivity index (χ0n) is 14.2. The van der Waals surface area contributed by atoms with Crippen LogP contribution in [0.1, 0.15) is 27.2 Å². The van der Waals surface area contributed by atoms with Crippen molar-refractivity contribution in [1.29, 1.82) is 0 Å². The van der Waals surface area contributed by atoms with E-state index in [1.165, 1.54) is 4.90 Å². The number of thioether (sulfide) groups is 1. The summed E-state index contributed by atoms with van der Waals surface area (Å²) in [5.74, 6) is -1.89. The van der Waals surface area contributed by atoms with E-state index in [1.807, 2.05) is 13.8 Å². The minimum absolute atomic E-state index is 0.0581. The van der Waals surface area contributed by atoms with Gasteiger partial charge >= 0.3 is 5.97 Å². The molecule has 1 amide bonds. The number of fused-ring (bicyclic) bond motifs is 1. The van der Waals surface area contributed by atoms with Gasteiger partial charge in [-0.15, -0.1) is 11.8 Å². The molecule has 0 aromatic rings. The normalized spacial score (nSPS) is 33.6. The van der Waals surface area contributed by atoms with Crippen LogP contribution in [-0.4, -0.2) is 62.4 Å². The molecule has 0 unspecified atom stereocenters. The quantitative estimate of drug-likeness (QED) is 0.730. The predicted octanol–water partition coefficient (Wildman–Crippen LogP) is 1.48. The molecule has 3 rings (SSSR count). The second-order valence-electron chi connectivity index (χ2n) is 6.98. The Bertz CT molecular complexity index is 630. The van der Waals surface area contributed by atoms with Crippen molar-refractivity contribution in [2.45, 2.75) is 44.6 Å². The lowest BCUT2D eigenvalue weighted by atomic mass is 9.79. The predicted molar refractivity (Wildman–Crippen MR) is 92.0 cm³/mol. The van der Waals surface area contributed by atoms with Crippen LogP contribution < -0.4 is 0 Å². The summed E-state index contributed by atoms with van der Waals surface area (Å²) in [7, 11) is 0. The zero-order chi connectivity index (χ0) is 17.8. The van der Waals surface area contributed by atoms with Gasteiger partial charge in [0.2, 0.25) is 5.91 Å². The summed E-state index contributed by atoms with van der Waals surface area (Å²) in [4.78, 5) is 28.4. The second-order valence-corrected chi connectivity index (χ2v) is 8.32. The molecule has 5 atom stereocenters. The van der Waals surface area contributed by atoms with Crippen molar-refractivity contribution in [3.05, 3.63) is 22.9 Å². The second kappa shape index (κ2) is 6.11. The Labute approximate surface area is 146 Å². The summed E-state index contributed by atoms with van der Waals surface area (Å²) in [6.45, 7) is 11.3. The highest BCUT2D eigenvalue weighted by Gasteiger charge is 2.60. The number of likely N-dealkylation sites (tertiary alicyclic amines) is 1. The average molecular weight is 352 g/mol. The number of hydrogen-bond donors (Lipinski definition) is 2. The average Bonchev–Trinajstić information content (AvgIpc) is 3.03. The van der Waals surface area contributed by atoms with Gasteiger partial charge in [0.1, 0.15) is 5.70 Å². The highest BCUT2D eigenvalue weighted by Crippen LogP contribution is 2.51. The van der Waals surface area contributed by atoms with Gasteiger partial charge in [0, 0.05) is 34.9 Å². The standard InChI is InChI=1S/C17H24N2O4S/c1-8(2)18-6-5-11(7-18)24-15-9(3)13-12(10(4)20)16(21)19(13)14(15)17(22)23/h9-13,20H,1,5-7H2,2-4H3,(H,22,23)/t9-,10-,11+,12-,13-/m1/s1.